The van der Waals surface area contributed by atoms with E-state index in [9.17, 15) is 18.4 Å². The van der Waals surface area contributed by atoms with Crippen molar-refractivity contribution in [2.45, 2.75) is 57.7 Å². The molecule has 2 aliphatic heterocycles. The van der Waals surface area contributed by atoms with Crippen molar-refractivity contribution in [2.75, 3.05) is 26.8 Å². The number of ether oxygens (including phenoxy) is 2. The summed E-state index contributed by atoms with van der Waals surface area (Å²) in [5, 5.41) is 1.13. The van der Waals surface area contributed by atoms with E-state index in [0.717, 1.165) is 9.96 Å². The van der Waals surface area contributed by atoms with E-state index in [0.29, 0.717) is 6.42 Å². The molecule has 3 atom stereocenters. The fraction of sp³-hybridized carbons (Fsp3) is 0.875. The lowest BCUT2D eigenvalue weighted by molar-refractivity contribution is -0.192. The highest BCUT2D eigenvalue weighted by Gasteiger charge is 2.62. The predicted molar refractivity (Wildman–Crippen MR) is 83.9 cm³/mol. The fourth-order valence-corrected chi connectivity index (χ4v) is 3.17. The fourth-order valence-electron chi connectivity index (χ4n) is 3.17. The van der Waals surface area contributed by atoms with Gasteiger partial charge in [-0.05, 0) is 27.2 Å². The second-order valence-electron chi connectivity index (χ2n) is 7.41. The lowest BCUT2D eigenvalue weighted by atomic mass is 10.0. The largest absolute Gasteiger partial charge is 0.469 e. The molecule has 2 heterocycles. The lowest BCUT2D eigenvalue weighted by Gasteiger charge is -2.27. The number of likely N-dealkylation sites (tertiary alicyclic amines) is 1. The van der Waals surface area contributed by atoms with E-state index in [1.165, 1.54) is 7.11 Å². The van der Waals surface area contributed by atoms with E-state index in [-0.39, 0.29) is 13.2 Å². The Hall–Kier alpha value is -1.48. The molecule has 0 aromatic carbocycles. The van der Waals surface area contributed by atoms with Gasteiger partial charge in [0.2, 0.25) is 0 Å². The Morgan fingerprint density at radius 3 is 2.52 bits per heavy atom. The Morgan fingerprint density at radius 2 is 2.00 bits per heavy atom. The molecule has 2 fully saturated rings. The van der Waals surface area contributed by atoms with Crippen LogP contribution in [-0.4, -0.2) is 72.4 Å². The molecule has 0 bridgehead atoms. The van der Waals surface area contributed by atoms with Crippen molar-refractivity contribution in [3.63, 3.8) is 0 Å². The molecule has 2 aliphatic rings. The highest BCUT2D eigenvalue weighted by molar-refractivity contribution is 5.72. The van der Waals surface area contributed by atoms with Gasteiger partial charge in [-0.2, -0.15) is 5.06 Å². The molecule has 2 rings (SSSR count). The zero-order valence-electron chi connectivity index (χ0n) is 15.3. The Kier molecular flexibility index (Phi) is 5.58. The van der Waals surface area contributed by atoms with Gasteiger partial charge in [0.25, 0.3) is 5.92 Å². The summed E-state index contributed by atoms with van der Waals surface area (Å²) in [6, 6.07) is -2.13. The van der Waals surface area contributed by atoms with E-state index in [2.05, 4.69) is 0 Å². The van der Waals surface area contributed by atoms with Crippen LogP contribution in [0.25, 0.3) is 0 Å². The first-order valence-electron chi connectivity index (χ1n) is 8.35. The van der Waals surface area contributed by atoms with Gasteiger partial charge in [0.15, 0.2) is 0 Å². The first-order chi connectivity index (χ1) is 11.5. The average Bonchev–Trinajstić information content (AvgIpc) is 3.02. The van der Waals surface area contributed by atoms with Gasteiger partial charge >= 0.3 is 12.1 Å². The quantitative estimate of drug-likeness (QED) is 0.712. The van der Waals surface area contributed by atoms with Crippen LogP contribution < -0.4 is 0 Å². The van der Waals surface area contributed by atoms with Crippen molar-refractivity contribution in [1.82, 2.24) is 9.96 Å². The number of amides is 1. The van der Waals surface area contributed by atoms with E-state index in [4.69, 9.17) is 14.3 Å². The molecule has 144 valence electrons. The van der Waals surface area contributed by atoms with Crippen molar-refractivity contribution in [3.8, 4) is 0 Å². The molecular weight excluding hydrogens is 338 g/mol. The Morgan fingerprint density at radius 1 is 1.36 bits per heavy atom. The van der Waals surface area contributed by atoms with Crippen LogP contribution in [0, 0.1) is 5.92 Å². The molecule has 7 nitrogen and oxygen atoms in total. The van der Waals surface area contributed by atoms with Crippen LogP contribution in [0.1, 0.15) is 34.1 Å². The van der Waals surface area contributed by atoms with E-state index < -0.39 is 48.1 Å². The van der Waals surface area contributed by atoms with Crippen molar-refractivity contribution < 1.29 is 32.7 Å². The maximum Gasteiger partial charge on any atom is 0.410 e. The third kappa shape index (κ3) is 4.20. The number of rotatable bonds is 4. The van der Waals surface area contributed by atoms with Gasteiger partial charge in [-0.25, -0.2) is 13.6 Å². The van der Waals surface area contributed by atoms with Crippen LogP contribution >= 0.6 is 0 Å². The average molecular weight is 364 g/mol. The molecule has 1 unspecified atom stereocenters. The minimum atomic E-state index is -3.16. The molecule has 1 amide bonds. The number of alkyl halides is 2. The molecule has 9 heteroatoms. The van der Waals surface area contributed by atoms with Crippen LogP contribution in [-0.2, 0) is 19.1 Å². The number of hydrogen-bond acceptors (Lipinski definition) is 6. The van der Waals surface area contributed by atoms with Crippen molar-refractivity contribution in [2.24, 2.45) is 5.92 Å². The molecule has 25 heavy (non-hydrogen) atoms. The van der Waals surface area contributed by atoms with E-state index in [1.807, 2.05) is 0 Å². The van der Waals surface area contributed by atoms with Crippen LogP contribution in [0.15, 0.2) is 0 Å². The van der Waals surface area contributed by atoms with Gasteiger partial charge in [0.05, 0.1) is 32.2 Å². The van der Waals surface area contributed by atoms with Gasteiger partial charge in [-0.1, -0.05) is 6.92 Å². The number of hydrogen-bond donors (Lipinski definition) is 0. The maximum absolute atomic E-state index is 14.5. The topological polar surface area (TPSA) is 68.3 Å². The summed E-state index contributed by atoms with van der Waals surface area (Å²) >= 11 is 0. The molecule has 0 N–H and O–H groups in total. The second kappa shape index (κ2) is 7.03. The summed E-state index contributed by atoms with van der Waals surface area (Å²) in [5.74, 6) is -4.21. The van der Waals surface area contributed by atoms with Crippen molar-refractivity contribution >= 4 is 12.1 Å². The Labute approximate surface area is 146 Å². The number of fused-ring (bicyclic) bond motifs is 1. The predicted octanol–water partition coefficient (Wildman–Crippen LogP) is 2.06. The molecule has 0 aromatic heterocycles. The van der Waals surface area contributed by atoms with Crippen LogP contribution in [0.4, 0.5) is 13.6 Å². The molecule has 0 aliphatic carbocycles. The highest BCUT2D eigenvalue weighted by atomic mass is 19.3. The van der Waals surface area contributed by atoms with E-state index in [1.54, 1.807) is 27.7 Å². The first kappa shape index (κ1) is 19.8. The number of hydroxylamine groups is 2. The molecular formula is C16H26F2N2O5. The van der Waals surface area contributed by atoms with Gasteiger partial charge in [0.1, 0.15) is 11.6 Å². The third-order valence-electron chi connectivity index (χ3n) is 4.36. The smallest absolute Gasteiger partial charge is 0.410 e. The zero-order valence-corrected chi connectivity index (χ0v) is 15.3. The molecule has 0 saturated carbocycles. The third-order valence-corrected chi connectivity index (χ3v) is 4.36. The van der Waals surface area contributed by atoms with Crippen LogP contribution in [0.3, 0.4) is 0 Å². The SMILES string of the molecule is CCC(CN1OC[C@@H]2[C@H]1C(F)(F)CN2C(=O)OC(C)(C)C)C(=O)OC. The monoisotopic (exact) mass is 364 g/mol. The number of halogens is 2. The zero-order chi connectivity index (χ0) is 19.0. The first-order valence-corrected chi connectivity index (χ1v) is 8.35. The number of carbonyl (C=O) groups is 2. The Balaban J connectivity index is 2.13. The standard InChI is InChI=1S/C16H26F2N2O5/c1-6-10(13(21)23-5)7-20-12-11(8-24-20)19(9-16(12,17)18)14(22)25-15(2,3)4/h10-12H,6-9H2,1-5H3/t10?,11-,12+/m1/s1. The van der Waals surface area contributed by atoms with Gasteiger partial charge in [-0.3, -0.25) is 14.5 Å². The van der Waals surface area contributed by atoms with Crippen molar-refractivity contribution in [3.05, 3.63) is 0 Å². The van der Waals surface area contributed by atoms with Crippen molar-refractivity contribution in [1.29, 1.82) is 0 Å². The lowest BCUT2D eigenvalue weighted by Crippen LogP contribution is -2.47. The number of methoxy groups -OCH3 is 1. The summed E-state index contributed by atoms with van der Waals surface area (Å²) < 4.78 is 39.0. The summed E-state index contributed by atoms with van der Waals surface area (Å²) in [7, 11) is 1.26. The minimum Gasteiger partial charge on any atom is -0.469 e. The number of nitrogens with zero attached hydrogens (tertiary/aromatic N) is 2. The number of esters is 1. The molecule has 0 spiro atoms. The maximum atomic E-state index is 14.5. The van der Waals surface area contributed by atoms with E-state index >= 15 is 0 Å². The normalized spacial score (nSPS) is 27.1. The van der Waals surface area contributed by atoms with Crippen LogP contribution in [0.5, 0.6) is 0 Å². The minimum absolute atomic E-state index is 0.0118. The number of carbonyl (C=O) groups excluding carboxylic acids is 2. The second-order valence-corrected chi connectivity index (χ2v) is 7.41. The van der Waals surface area contributed by atoms with Gasteiger partial charge in [0, 0.05) is 6.54 Å². The summed E-state index contributed by atoms with van der Waals surface area (Å²) in [6.45, 7) is 6.00. The molecule has 2 saturated heterocycles. The van der Waals surface area contributed by atoms with Gasteiger partial charge < -0.3 is 9.47 Å². The van der Waals surface area contributed by atoms with Crippen LogP contribution in [0.2, 0.25) is 0 Å². The summed E-state index contributed by atoms with van der Waals surface area (Å²) in [6.07, 6.45) is -0.351. The summed E-state index contributed by atoms with van der Waals surface area (Å²) in [4.78, 5) is 30.4. The Bertz CT molecular complexity index is 523. The highest BCUT2D eigenvalue weighted by Crippen LogP contribution is 2.41. The summed E-state index contributed by atoms with van der Waals surface area (Å²) in [5.41, 5.74) is -0.776. The van der Waals surface area contributed by atoms with Gasteiger partial charge in [-0.15, -0.1) is 0 Å². The molecule has 0 radical (unpaired) electrons. The molecule has 0 aromatic rings.